The minimum absolute atomic E-state index is 0.0477. The van der Waals surface area contributed by atoms with E-state index in [1.807, 2.05) is 61.5 Å². The zero-order valence-corrected chi connectivity index (χ0v) is 17.9. The lowest BCUT2D eigenvalue weighted by Gasteiger charge is -2.31. The molecule has 156 valence electrons. The van der Waals surface area contributed by atoms with E-state index in [-0.39, 0.29) is 11.8 Å². The molecule has 2 amide bonds. The molecule has 0 heterocycles. The average Bonchev–Trinajstić information content (AvgIpc) is 2.74. The third-order valence-electron chi connectivity index (χ3n) is 4.75. The molecule has 0 spiro atoms. The van der Waals surface area contributed by atoms with Crippen molar-refractivity contribution in [3.05, 3.63) is 65.7 Å². The second-order valence-corrected chi connectivity index (χ2v) is 7.57. The number of hydrogen-bond donors (Lipinski definition) is 1. The highest BCUT2D eigenvalue weighted by Crippen LogP contribution is 2.19. The van der Waals surface area contributed by atoms with Gasteiger partial charge in [-0.25, -0.2) is 0 Å². The van der Waals surface area contributed by atoms with Crippen LogP contribution in [0.3, 0.4) is 0 Å². The summed E-state index contributed by atoms with van der Waals surface area (Å²) in [5.41, 5.74) is 1.96. The van der Waals surface area contributed by atoms with Gasteiger partial charge in [-0.3, -0.25) is 9.59 Å². The summed E-state index contributed by atoms with van der Waals surface area (Å²) in [6, 6.07) is 16.9. The molecule has 2 aromatic carbocycles. The topological polar surface area (TPSA) is 58.6 Å². The molecule has 0 aliphatic carbocycles. The molecule has 0 fully saturated rings. The third kappa shape index (κ3) is 6.93. The van der Waals surface area contributed by atoms with Crippen LogP contribution in [0.4, 0.5) is 0 Å². The summed E-state index contributed by atoms with van der Waals surface area (Å²) in [5, 5.41) is 3.01. The first-order valence-electron chi connectivity index (χ1n) is 10.2. The Labute approximate surface area is 174 Å². The van der Waals surface area contributed by atoms with Gasteiger partial charge in [0.2, 0.25) is 11.8 Å². The van der Waals surface area contributed by atoms with Crippen molar-refractivity contribution in [2.75, 3.05) is 13.7 Å². The smallest absolute Gasteiger partial charge is 0.243 e. The minimum atomic E-state index is -0.574. The molecule has 0 radical (unpaired) electrons. The van der Waals surface area contributed by atoms with Crippen molar-refractivity contribution in [1.29, 1.82) is 0 Å². The van der Waals surface area contributed by atoms with Crippen LogP contribution in [0.1, 0.15) is 38.3 Å². The quantitative estimate of drug-likeness (QED) is 0.664. The monoisotopic (exact) mass is 396 g/mol. The maximum absolute atomic E-state index is 13.1. The molecule has 0 saturated carbocycles. The van der Waals surface area contributed by atoms with Crippen molar-refractivity contribution in [3.63, 3.8) is 0 Å². The standard InChI is InChI=1S/C24H32N2O3/c1-5-23(27)26(17-20-12-9-13-21(14-20)29-4)22(24(28)25-16-18(2)3)15-19-10-7-6-8-11-19/h6-14,18,22H,5,15-17H2,1-4H3,(H,25,28)/t22-/m0/s1. The zero-order chi connectivity index (χ0) is 21.2. The minimum Gasteiger partial charge on any atom is -0.497 e. The Balaban J connectivity index is 2.33. The van der Waals surface area contributed by atoms with Gasteiger partial charge in [0.05, 0.1) is 7.11 Å². The highest BCUT2D eigenvalue weighted by Gasteiger charge is 2.29. The fraction of sp³-hybridized carbons (Fsp3) is 0.417. The summed E-state index contributed by atoms with van der Waals surface area (Å²) < 4.78 is 5.31. The molecule has 1 N–H and O–H groups in total. The van der Waals surface area contributed by atoms with Crippen LogP contribution in [-0.2, 0) is 22.6 Å². The van der Waals surface area contributed by atoms with Gasteiger partial charge in [-0.2, -0.15) is 0 Å². The molecular weight excluding hydrogens is 364 g/mol. The zero-order valence-electron chi connectivity index (χ0n) is 17.9. The Morgan fingerprint density at radius 3 is 2.34 bits per heavy atom. The molecule has 0 saturated heterocycles. The largest absolute Gasteiger partial charge is 0.497 e. The molecule has 2 aromatic rings. The Bertz CT molecular complexity index is 790. The summed E-state index contributed by atoms with van der Waals surface area (Å²) in [6.07, 6.45) is 0.813. The first-order chi connectivity index (χ1) is 13.9. The van der Waals surface area contributed by atoms with Gasteiger partial charge in [-0.1, -0.05) is 63.2 Å². The number of carbonyl (C=O) groups is 2. The van der Waals surface area contributed by atoms with Crippen LogP contribution >= 0.6 is 0 Å². The molecule has 5 nitrogen and oxygen atoms in total. The van der Waals surface area contributed by atoms with Crippen LogP contribution in [-0.4, -0.2) is 36.4 Å². The van der Waals surface area contributed by atoms with E-state index < -0.39 is 6.04 Å². The first-order valence-corrected chi connectivity index (χ1v) is 10.2. The number of methoxy groups -OCH3 is 1. The van der Waals surface area contributed by atoms with Gasteiger partial charge in [0.15, 0.2) is 0 Å². The van der Waals surface area contributed by atoms with Crippen LogP contribution in [0.25, 0.3) is 0 Å². The highest BCUT2D eigenvalue weighted by atomic mass is 16.5. The van der Waals surface area contributed by atoms with Crippen LogP contribution in [0.15, 0.2) is 54.6 Å². The van der Waals surface area contributed by atoms with Crippen LogP contribution in [0, 0.1) is 5.92 Å². The average molecular weight is 397 g/mol. The van der Waals surface area contributed by atoms with Gasteiger partial charge in [0, 0.05) is 25.9 Å². The van der Waals surface area contributed by atoms with E-state index in [9.17, 15) is 9.59 Å². The normalized spacial score (nSPS) is 11.8. The van der Waals surface area contributed by atoms with Crippen molar-refractivity contribution in [2.24, 2.45) is 5.92 Å². The Hall–Kier alpha value is -2.82. The first kappa shape index (κ1) is 22.5. The van der Waals surface area contributed by atoms with E-state index >= 15 is 0 Å². The lowest BCUT2D eigenvalue weighted by molar-refractivity contribution is -0.141. The number of benzene rings is 2. The molecule has 1 atom stereocenters. The predicted molar refractivity (Wildman–Crippen MR) is 116 cm³/mol. The van der Waals surface area contributed by atoms with Crippen LogP contribution < -0.4 is 10.1 Å². The third-order valence-corrected chi connectivity index (χ3v) is 4.75. The number of ether oxygens (including phenoxy) is 1. The van der Waals surface area contributed by atoms with E-state index in [4.69, 9.17) is 4.74 Å². The maximum atomic E-state index is 13.1. The fourth-order valence-corrected chi connectivity index (χ4v) is 3.15. The molecule has 0 unspecified atom stereocenters. The molecule has 29 heavy (non-hydrogen) atoms. The Morgan fingerprint density at radius 1 is 1.03 bits per heavy atom. The van der Waals surface area contributed by atoms with Gasteiger partial charge < -0.3 is 15.0 Å². The van der Waals surface area contributed by atoms with Crippen molar-refractivity contribution < 1.29 is 14.3 Å². The van der Waals surface area contributed by atoms with Gasteiger partial charge >= 0.3 is 0 Å². The molecule has 2 rings (SSSR count). The number of nitrogens with zero attached hydrogens (tertiary/aromatic N) is 1. The van der Waals surface area contributed by atoms with Crippen molar-refractivity contribution in [2.45, 2.75) is 46.2 Å². The fourth-order valence-electron chi connectivity index (χ4n) is 3.15. The molecule has 0 aliphatic rings. The van der Waals surface area contributed by atoms with E-state index in [2.05, 4.69) is 19.2 Å². The van der Waals surface area contributed by atoms with Gasteiger partial charge in [0.25, 0.3) is 0 Å². The van der Waals surface area contributed by atoms with Crippen LogP contribution in [0.5, 0.6) is 5.75 Å². The van der Waals surface area contributed by atoms with E-state index in [1.165, 1.54) is 0 Å². The summed E-state index contributed by atoms with van der Waals surface area (Å²) in [5.74, 6) is 0.904. The maximum Gasteiger partial charge on any atom is 0.243 e. The predicted octanol–water partition coefficient (Wildman–Crippen LogP) is 3.82. The number of nitrogens with one attached hydrogen (secondary N) is 1. The SMILES string of the molecule is CCC(=O)N(Cc1cccc(OC)c1)[C@@H](Cc1ccccc1)C(=O)NCC(C)C. The highest BCUT2D eigenvalue weighted by molar-refractivity contribution is 5.87. The molecular formula is C24H32N2O3. The lowest BCUT2D eigenvalue weighted by Crippen LogP contribution is -2.50. The summed E-state index contributed by atoms with van der Waals surface area (Å²) in [4.78, 5) is 27.6. The Kier molecular flexibility index (Phi) is 8.71. The summed E-state index contributed by atoms with van der Waals surface area (Å²) in [6.45, 7) is 6.87. The van der Waals surface area contributed by atoms with Gasteiger partial charge in [-0.15, -0.1) is 0 Å². The summed E-state index contributed by atoms with van der Waals surface area (Å²) >= 11 is 0. The van der Waals surface area contributed by atoms with Crippen molar-refractivity contribution in [3.8, 4) is 5.75 Å². The van der Waals surface area contributed by atoms with E-state index in [1.54, 1.807) is 12.0 Å². The summed E-state index contributed by atoms with van der Waals surface area (Å²) in [7, 11) is 1.62. The van der Waals surface area contributed by atoms with Crippen molar-refractivity contribution in [1.82, 2.24) is 10.2 Å². The lowest BCUT2D eigenvalue weighted by atomic mass is 10.0. The molecule has 0 aromatic heterocycles. The van der Waals surface area contributed by atoms with E-state index in [0.717, 1.165) is 16.9 Å². The number of hydrogen-bond acceptors (Lipinski definition) is 3. The molecule has 0 bridgehead atoms. The van der Waals surface area contributed by atoms with E-state index in [0.29, 0.717) is 31.8 Å². The Morgan fingerprint density at radius 2 is 1.72 bits per heavy atom. The van der Waals surface area contributed by atoms with Crippen LogP contribution in [0.2, 0.25) is 0 Å². The van der Waals surface area contributed by atoms with Gasteiger partial charge in [0.1, 0.15) is 11.8 Å². The van der Waals surface area contributed by atoms with Gasteiger partial charge in [-0.05, 0) is 29.2 Å². The number of carbonyl (C=O) groups excluding carboxylic acids is 2. The second kappa shape index (κ2) is 11.2. The van der Waals surface area contributed by atoms with Crippen molar-refractivity contribution >= 4 is 11.8 Å². The number of rotatable bonds is 10. The molecule has 5 heteroatoms. The second-order valence-electron chi connectivity index (χ2n) is 7.57. The molecule has 0 aliphatic heterocycles. The number of amides is 2.